The molecule has 1 atom stereocenters. The lowest BCUT2D eigenvalue weighted by Crippen LogP contribution is -2.37. The van der Waals surface area contributed by atoms with Crippen LogP contribution in [-0.4, -0.2) is 24.3 Å². The third-order valence-corrected chi connectivity index (χ3v) is 4.25. The number of pyridine rings is 1. The minimum absolute atomic E-state index is 0.0674. The van der Waals surface area contributed by atoms with Crippen molar-refractivity contribution < 1.29 is 9.15 Å². The second kappa shape index (κ2) is 6.94. The number of aromatic nitrogens is 1. The Hall–Kier alpha value is -1.85. The topological polar surface area (TPSA) is 56.4 Å². The molecule has 0 radical (unpaired) electrons. The van der Waals surface area contributed by atoms with Gasteiger partial charge in [-0.25, -0.2) is 0 Å². The van der Waals surface area contributed by atoms with Gasteiger partial charge in [0.05, 0.1) is 19.4 Å². The summed E-state index contributed by atoms with van der Waals surface area (Å²) in [6, 6.07) is 7.95. The lowest BCUT2D eigenvalue weighted by molar-refractivity contribution is 0.184. The molecule has 0 bridgehead atoms. The van der Waals surface area contributed by atoms with E-state index < -0.39 is 0 Å². The second-order valence-corrected chi connectivity index (χ2v) is 5.69. The van der Waals surface area contributed by atoms with Crippen molar-refractivity contribution in [2.45, 2.75) is 38.4 Å². The highest BCUT2D eigenvalue weighted by Crippen LogP contribution is 2.20. The van der Waals surface area contributed by atoms with E-state index in [9.17, 15) is 4.79 Å². The molecule has 1 aliphatic carbocycles. The summed E-state index contributed by atoms with van der Waals surface area (Å²) >= 11 is 0. The molecule has 1 N–H and O–H groups in total. The van der Waals surface area contributed by atoms with Gasteiger partial charge in [0, 0.05) is 31.5 Å². The van der Waals surface area contributed by atoms with Gasteiger partial charge in [0.2, 0.25) is 0 Å². The first-order chi connectivity index (χ1) is 10.8. The predicted molar refractivity (Wildman–Crippen MR) is 83.9 cm³/mol. The first kappa shape index (κ1) is 15.1. The number of hydrogen-bond acceptors (Lipinski definition) is 4. The normalized spacial score (nSPS) is 17.4. The van der Waals surface area contributed by atoms with Crippen LogP contribution in [0.25, 0.3) is 0 Å². The molecule has 118 valence electrons. The Morgan fingerprint density at radius 1 is 1.41 bits per heavy atom. The Morgan fingerprint density at radius 3 is 3.09 bits per heavy atom. The highest BCUT2D eigenvalue weighted by Gasteiger charge is 2.21. The van der Waals surface area contributed by atoms with Gasteiger partial charge in [-0.05, 0) is 37.0 Å². The maximum atomic E-state index is 12.0. The quantitative estimate of drug-likeness (QED) is 0.883. The number of nitrogens with one attached hydrogen (secondary N) is 1. The van der Waals surface area contributed by atoms with Gasteiger partial charge >= 0.3 is 0 Å². The van der Waals surface area contributed by atoms with E-state index in [2.05, 4.69) is 5.32 Å². The van der Waals surface area contributed by atoms with Crippen LogP contribution in [0.3, 0.4) is 0 Å². The number of fused-ring (bicyclic) bond motifs is 1. The van der Waals surface area contributed by atoms with E-state index in [4.69, 9.17) is 9.15 Å². The fourth-order valence-corrected chi connectivity index (χ4v) is 3.08. The van der Waals surface area contributed by atoms with Gasteiger partial charge in [0.1, 0.15) is 5.76 Å². The van der Waals surface area contributed by atoms with Crippen molar-refractivity contribution in [2.24, 2.45) is 0 Å². The van der Waals surface area contributed by atoms with Gasteiger partial charge < -0.3 is 19.0 Å². The third kappa shape index (κ3) is 3.31. The summed E-state index contributed by atoms with van der Waals surface area (Å²) in [7, 11) is 1.66. The van der Waals surface area contributed by atoms with E-state index >= 15 is 0 Å². The van der Waals surface area contributed by atoms with Crippen molar-refractivity contribution in [1.82, 2.24) is 9.88 Å². The molecular formula is C17H22N2O3. The van der Waals surface area contributed by atoms with Gasteiger partial charge in [-0.15, -0.1) is 0 Å². The summed E-state index contributed by atoms with van der Waals surface area (Å²) in [5, 5.41) is 3.54. The predicted octanol–water partition coefficient (Wildman–Crippen LogP) is 1.73. The lowest BCUT2D eigenvalue weighted by atomic mass is 9.91. The number of nitrogens with zero attached hydrogens (tertiary/aromatic N) is 1. The van der Waals surface area contributed by atoms with E-state index in [1.807, 2.05) is 22.8 Å². The van der Waals surface area contributed by atoms with E-state index in [1.165, 1.54) is 11.3 Å². The van der Waals surface area contributed by atoms with Crippen molar-refractivity contribution in [1.29, 1.82) is 0 Å². The van der Waals surface area contributed by atoms with Crippen molar-refractivity contribution in [3.63, 3.8) is 0 Å². The molecule has 22 heavy (non-hydrogen) atoms. The summed E-state index contributed by atoms with van der Waals surface area (Å²) in [6.07, 6.45) is 4.60. The Morgan fingerprint density at radius 2 is 2.32 bits per heavy atom. The number of rotatable bonds is 6. The van der Waals surface area contributed by atoms with Crippen LogP contribution in [0.15, 0.2) is 39.7 Å². The fraction of sp³-hybridized carbons (Fsp3) is 0.471. The Labute approximate surface area is 129 Å². The Kier molecular flexibility index (Phi) is 4.75. The van der Waals surface area contributed by atoms with Crippen LogP contribution < -0.4 is 10.9 Å². The van der Waals surface area contributed by atoms with Crippen molar-refractivity contribution in [3.05, 3.63) is 57.9 Å². The molecule has 0 unspecified atom stereocenters. The SMILES string of the molecule is COCCn1c2c(ccc1=O)C[C@H](NCc1ccco1)CC2. The van der Waals surface area contributed by atoms with Gasteiger partial charge in [-0.3, -0.25) is 4.79 Å². The highest BCUT2D eigenvalue weighted by atomic mass is 16.5. The van der Waals surface area contributed by atoms with Crippen molar-refractivity contribution in [3.8, 4) is 0 Å². The minimum Gasteiger partial charge on any atom is -0.468 e. The van der Waals surface area contributed by atoms with Gasteiger partial charge in [0.15, 0.2) is 0 Å². The van der Waals surface area contributed by atoms with E-state index in [1.54, 1.807) is 19.4 Å². The molecule has 2 aromatic rings. The summed E-state index contributed by atoms with van der Waals surface area (Å²) in [5.41, 5.74) is 2.50. The molecule has 0 saturated heterocycles. The van der Waals surface area contributed by atoms with Crippen LogP contribution in [0.2, 0.25) is 0 Å². The molecular weight excluding hydrogens is 280 g/mol. The molecule has 0 saturated carbocycles. The van der Waals surface area contributed by atoms with Crippen LogP contribution in [0, 0.1) is 0 Å². The molecule has 0 spiro atoms. The zero-order valence-corrected chi connectivity index (χ0v) is 12.9. The molecule has 2 aromatic heterocycles. The van der Waals surface area contributed by atoms with Crippen molar-refractivity contribution >= 4 is 0 Å². The van der Waals surface area contributed by atoms with Gasteiger partial charge in [-0.1, -0.05) is 6.07 Å². The number of ether oxygens (including phenoxy) is 1. The molecule has 0 fully saturated rings. The molecule has 2 heterocycles. The smallest absolute Gasteiger partial charge is 0.250 e. The molecule has 5 heteroatoms. The van der Waals surface area contributed by atoms with E-state index in [0.717, 1.165) is 31.6 Å². The number of furan rings is 1. The van der Waals surface area contributed by atoms with Gasteiger partial charge in [-0.2, -0.15) is 0 Å². The standard InChI is InChI=1S/C17H22N2O3/c1-21-10-8-19-16-6-5-14(11-13(16)4-7-17(19)20)18-12-15-3-2-9-22-15/h2-4,7,9,14,18H,5-6,8,10-12H2,1H3/t14-/m1/s1. The maximum Gasteiger partial charge on any atom is 0.250 e. The largest absolute Gasteiger partial charge is 0.468 e. The summed E-state index contributed by atoms with van der Waals surface area (Å²) in [4.78, 5) is 12.0. The van der Waals surface area contributed by atoms with Crippen LogP contribution in [0.4, 0.5) is 0 Å². The zero-order valence-electron chi connectivity index (χ0n) is 12.9. The lowest BCUT2D eigenvalue weighted by Gasteiger charge is -2.27. The average molecular weight is 302 g/mol. The Balaban J connectivity index is 1.69. The maximum absolute atomic E-state index is 12.0. The third-order valence-electron chi connectivity index (χ3n) is 4.25. The van der Waals surface area contributed by atoms with E-state index in [-0.39, 0.29) is 5.56 Å². The first-order valence-electron chi connectivity index (χ1n) is 7.74. The van der Waals surface area contributed by atoms with Crippen LogP contribution >= 0.6 is 0 Å². The summed E-state index contributed by atoms with van der Waals surface area (Å²) < 4.78 is 12.3. The number of hydrogen-bond donors (Lipinski definition) is 1. The molecule has 3 rings (SSSR count). The second-order valence-electron chi connectivity index (χ2n) is 5.69. The van der Waals surface area contributed by atoms with Crippen LogP contribution in [-0.2, 0) is 30.7 Å². The molecule has 0 amide bonds. The summed E-state index contributed by atoms with van der Waals surface area (Å²) in [6.45, 7) is 1.94. The van der Waals surface area contributed by atoms with Crippen molar-refractivity contribution in [2.75, 3.05) is 13.7 Å². The zero-order chi connectivity index (χ0) is 15.4. The average Bonchev–Trinajstić information content (AvgIpc) is 3.05. The number of methoxy groups -OCH3 is 1. The molecule has 0 aromatic carbocycles. The fourth-order valence-electron chi connectivity index (χ4n) is 3.08. The molecule has 5 nitrogen and oxygen atoms in total. The van der Waals surface area contributed by atoms with Crippen LogP contribution in [0.5, 0.6) is 0 Å². The molecule has 0 aliphatic heterocycles. The van der Waals surface area contributed by atoms with Gasteiger partial charge in [0.25, 0.3) is 5.56 Å². The monoisotopic (exact) mass is 302 g/mol. The van der Waals surface area contributed by atoms with Crippen LogP contribution in [0.1, 0.15) is 23.4 Å². The minimum atomic E-state index is 0.0674. The molecule has 1 aliphatic rings. The Bertz CT molecular complexity index is 661. The summed E-state index contributed by atoms with van der Waals surface area (Å²) in [5.74, 6) is 0.955. The first-order valence-corrected chi connectivity index (χ1v) is 7.74. The van der Waals surface area contributed by atoms with E-state index in [0.29, 0.717) is 19.2 Å². The highest BCUT2D eigenvalue weighted by molar-refractivity contribution is 5.25.